The maximum absolute atomic E-state index is 3.91. The van der Waals surface area contributed by atoms with Gasteiger partial charge in [-0.25, -0.2) is 5.43 Å². The van der Waals surface area contributed by atoms with Gasteiger partial charge in [0, 0.05) is 21.1 Å². The predicted molar refractivity (Wildman–Crippen MR) is 41.5 cm³/mol. The van der Waals surface area contributed by atoms with Gasteiger partial charge in [0.15, 0.2) is 0 Å². The summed E-state index contributed by atoms with van der Waals surface area (Å²) >= 11 is 0. The van der Waals surface area contributed by atoms with Crippen LogP contribution in [0.15, 0.2) is 6.33 Å². The highest BCUT2D eigenvalue weighted by atomic mass is 15.5. The molecule has 0 radical (unpaired) electrons. The summed E-state index contributed by atoms with van der Waals surface area (Å²) in [6.45, 7) is 0.712. The second-order valence-corrected chi connectivity index (χ2v) is 2.59. The molecule has 0 spiro atoms. The van der Waals surface area contributed by atoms with Crippen molar-refractivity contribution in [1.29, 1.82) is 0 Å². The van der Waals surface area contributed by atoms with Crippen molar-refractivity contribution in [2.45, 2.75) is 6.54 Å². The molecule has 5 heteroatoms. The van der Waals surface area contributed by atoms with Gasteiger partial charge < -0.3 is 4.57 Å². The van der Waals surface area contributed by atoms with Crippen LogP contribution in [0.3, 0.4) is 0 Å². The van der Waals surface area contributed by atoms with E-state index in [2.05, 4.69) is 15.6 Å². The zero-order valence-electron chi connectivity index (χ0n) is 7.07. The fourth-order valence-corrected chi connectivity index (χ4v) is 0.696. The van der Waals surface area contributed by atoms with Gasteiger partial charge in [-0.1, -0.05) is 0 Å². The quantitative estimate of drug-likeness (QED) is 0.591. The molecule has 1 aromatic rings. The molecule has 0 saturated heterocycles. The van der Waals surface area contributed by atoms with Gasteiger partial charge in [-0.15, -0.1) is 10.2 Å². The van der Waals surface area contributed by atoms with Crippen molar-refractivity contribution in [2.75, 3.05) is 14.1 Å². The van der Waals surface area contributed by atoms with Crippen LogP contribution in [0.4, 0.5) is 0 Å². The van der Waals surface area contributed by atoms with E-state index in [4.69, 9.17) is 0 Å². The van der Waals surface area contributed by atoms with Crippen molar-refractivity contribution < 1.29 is 0 Å². The van der Waals surface area contributed by atoms with E-state index < -0.39 is 0 Å². The smallest absolute Gasteiger partial charge is 0.147 e. The first-order valence-corrected chi connectivity index (χ1v) is 3.44. The number of rotatable bonds is 3. The Morgan fingerprint density at radius 3 is 2.82 bits per heavy atom. The predicted octanol–water partition coefficient (Wildman–Crippen LogP) is -0.619. The lowest BCUT2D eigenvalue weighted by Gasteiger charge is -2.10. The van der Waals surface area contributed by atoms with Gasteiger partial charge in [0.1, 0.15) is 12.2 Å². The van der Waals surface area contributed by atoms with E-state index in [-0.39, 0.29) is 0 Å². The summed E-state index contributed by atoms with van der Waals surface area (Å²) < 4.78 is 1.89. The van der Waals surface area contributed by atoms with Gasteiger partial charge in [0.05, 0.1) is 6.54 Å². The van der Waals surface area contributed by atoms with E-state index in [1.807, 2.05) is 30.7 Å². The Hall–Kier alpha value is -0.940. The lowest BCUT2D eigenvalue weighted by atomic mass is 10.6. The fraction of sp³-hybridized carbons (Fsp3) is 0.667. The molecule has 0 bridgehead atoms. The molecule has 0 amide bonds. The van der Waals surface area contributed by atoms with Gasteiger partial charge in [-0.3, -0.25) is 5.01 Å². The number of aromatic nitrogens is 3. The van der Waals surface area contributed by atoms with Crippen LogP contribution < -0.4 is 5.43 Å². The van der Waals surface area contributed by atoms with Crippen LogP contribution in [0.1, 0.15) is 5.82 Å². The zero-order valence-corrected chi connectivity index (χ0v) is 7.07. The summed E-state index contributed by atoms with van der Waals surface area (Å²) in [5.74, 6) is 0.929. The van der Waals surface area contributed by atoms with Crippen LogP contribution in [-0.4, -0.2) is 33.9 Å². The summed E-state index contributed by atoms with van der Waals surface area (Å²) in [6.07, 6.45) is 1.69. The summed E-state index contributed by atoms with van der Waals surface area (Å²) in [7, 11) is 5.80. The molecule has 0 unspecified atom stereocenters. The van der Waals surface area contributed by atoms with Crippen LogP contribution in [0.5, 0.6) is 0 Å². The number of hydrogen-bond acceptors (Lipinski definition) is 4. The average molecular weight is 155 g/mol. The molecule has 0 aliphatic rings. The van der Waals surface area contributed by atoms with Crippen LogP contribution in [0.25, 0.3) is 0 Å². The van der Waals surface area contributed by atoms with E-state index in [0.29, 0.717) is 6.54 Å². The lowest BCUT2D eigenvalue weighted by Crippen LogP contribution is -2.30. The summed E-state index contributed by atoms with van der Waals surface area (Å²) in [6, 6.07) is 0. The molecular formula is C6H13N5. The van der Waals surface area contributed by atoms with Crippen LogP contribution >= 0.6 is 0 Å². The van der Waals surface area contributed by atoms with Gasteiger partial charge in [0.2, 0.25) is 0 Å². The standard InChI is InChI=1S/C6H13N5/c1-10(2)8-4-6-9-7-5-11(6)3/h5,8H,4H2,1-3H3. The first-order valence-electron chi connectivity index (χ1n) is 3.44. The van der Waals surface area contributed by atoms with Gasteiger partial charge in [0.25, 0.3) is 0 Å². The van der Waals surface area contributed by atoms with E-state index in [1.165, 1.54) is 0 Å². The van der Waals surface area contributed by atoms with Crippen LogP contribution in [0.2, 0.25) is 0 Å². The largest absolute Gasteiger partial charge is 0.320 e. The molecule has 0 fully saturated rings. The van der Waals surface area contributed by atoms with Crippen molar-refractivity contribution in [2.24, 2.45) is 7.05 Å². The Labute approximate surface area is 66.0 Å². The first-order chi connectivity index (χ1) is 5.20. The molecule has 1 heterocycles. The van der Waals surface area contributed by atoms with E-state index in [1.54, 1.807) is 6.33 Å². The minimum atomic E-state index is 0.712. The summed E-state index contributed by atoms with van der Waals surface area (Å²) in [4.78, 5) is 0. The third-order valence-corrected chi connectivity index (χ3v) is 1.36. The molecule has 1 N–H and O–H groups in total. The lowest BCUT2D eigenvalue weighted by molar-refractivity contribution is 0.280. The van der Waals surface area contributed by atoms with Crippen LogP contribution in [0, 0.1) is 0 Å². The number of aryl methyl sites for hydroxylation is 1. The highest BCUT2D eigenvalue weighted by Gasteiger charge is 1.98. The Kier molecular flexibility index (Phi) is 2.56. The Balaban J connectivity index is 2.44. The fourth-order valence-electron chi connectivity index (χ4n) is 0.696. The number of nitrogens with one attached hydrogen (secondary N) is 1. The third-order valence-electron chi connectivity index (χ3n) is 1.36. The van der Waals surface area contributed by atoms with Crippen LogP contribution in [-0.2, 0) is 13.6 Å². The highest BCUT2D eigenvalue weighted by molar-refractivity contribution is 4.82. The molecular weight excluding hydrogens is 142 g/mol. The van der Waals surface area contributed by atoms with Crippen molar-refractivity contribution >= 4 is 0 Å². The maximum Gasteiger partial charge on any atom is 0.147 e. The molecule has 0 saturated carbocycles. The second-order valence-electron chi connectivity index (χ2n) is 2.59. The Morgan fingerprint density at radius 2 is 2.36 bits per heavy atom. The summed E-state index contributed by atoms with van der Waals surface area (Å²) in [5.41, 5.74) is 3.10. The molecule has 1 rings (SSSR count). The Morgan fingerprint density at radius 1 is 1.64 bits per heavy atom. The first kappa shape index (κ1) is 8.16. The molecule has 0 atom stereocenters. The van der Waals surface area contributed by atoms with Crippen molar-refractivity contribution in [3.05, 3.63) is 12.2 Å². The molecule has 0 aliphatic heterocycles. The van der Waals surface area contributed by atoms with Gasteiger partial charge in [-0.05, 0) is 0 Å². The molecule has 11 heavy (non-hydrogen) atoms. The number of hydrazine groups is 1. The van der Waals surface area contributed by atoms with E-state index in [0.717, 1.165) is 5.82 Å². The van der Waals surface area contributed by atoms with E-state index >= 15 is 0 Å². The normalized spacial score (nSPS) is 10.9. The minimum absolute atomic E-state index is 0.712. The van der Waals surface area contributed by atoms with Gasteiger partial charge >= 0.3 is 0 Å². The van der Waals surface area contributed by atoms with Crippen molar-refractivity contribution in [3.63, 3.8) is 0 Å². The number of nitrogens with zero attached hydrogens (tertiary/aromatic N) is 4. The third kappa shape index (κ3) is 2.28. The molecule has 1 aromatic heterocycles. The molecule has 0 aromatic carbocycles. The van der Waals surface area contributed by atoms with Crippen molar-refractivity contribution in [1.82, 2.24) is 25.2 Å². The summed E-state index contributed by atoms with van der Waals surface area (Å²) in [5, 5.41) is 9.55. The number of hydrogen-bond donors (Lipinski definition) is 1. The SMILES string of the molecule is CN(C)NCc1nncn1C. The second kappa shape index (κ2) is 3.45. The maximum atomic E-state index is 3.91. The average Bonchev–Trinajstić information content (AvgIpc) is 2.31. The zero-order chi connectivity index (χ0) is 8.27. The Bertz CT molecular complexity index is 217. The topological polar surface area (TPSA) is 46.0 Å². The van der Waals surface area contributed by atoms with E-state index in [9.17, 15) is 0 Å². The van der Waals surface area contributed by atoms with Gasteiger partial charge in [-0.2, -0.15) is 0 Å². The van der Waals surface area contributed by atoms with Crippen molar-refractivity contribution in [3.8, 4) is 0 Å². The molecule has 5 nitrogen and oxygen atoms in total. The highest BCUT2D eigenvalue weighted by Crippen LogP contribution is 1.89. The molecule has 62 valence electrons. The minimum Gasteiger partial charge on any atom is -0.320 e. The molecule has 0 aliphatic carbocycles. The monoisotopic (exact) mass is 155 g/mol.